The van der Waals surface area contributed by atoms with E-state index in [2.05, 4.69) is 15.6 Å². The molecule has 0 radical (unpaired) electrons. The van der Waals surface area contributed by atoms with Gasteiger partial charge in [-0.25, -0.2) is 4.98 Å². The van der Waals surface area contributed by atoms with Crippen molar-refractivity contribution >= 4 is 39.8 Å². The number of rotatable bonds is 5. The standard InChI is InChI=1S/C18H19N3O4S/c1-25-12-6-7-14(13(10-12)15(22)11-4-2-3-5-11)20-16(23)17(24)21-18-19-8-9-26-18/h6-11H,2-5H2,1H3,(H,20,23)(H,19,21,24). The third-order valence-electron chi connectivity index (χ3n) is 4.33. The van der Waals surface area contributed by atoms with Gasteiger partial charge in [0.1, 0.15) is 5.75 Å². The SMILES string of the molecule is COc1ccc(NC(=O)C(=O)Nc2nccs2)c(C(=O)C2CCCC2)c1. The number of hydrogen-bond donors (Lipinski definition) is 2. The molecule has 8 heteroatoms. The van der Waals surface area contributed by atoms with Crippen LogP contribution in [0.2, 0.25) is 0 Å². The zero-order valence-electron chi connectivity index (χ0n) is 14.3. The van der Waals surface area contributed by atoms with Crippen molar-refractivity contribution in [2.75, 3.05) is 17.7 Å². The van der Waals surface area contributed by atoms with E-state index in [4.69, 9.17) is 4.74 Å². The predicted octanol–water partition coefficient (Wildman–Crippen LogP) is 3.10. The Bertz CT molecular complexity index is 814. The monoisotopic (exact) mass is 373 g/mol. The number of nitrogens with one attached hydrogen (secondary N) is 2. The number of ketones is 1. The normalized spacial score (nSPS) is 14.0. The molecule has 136 valence electrons. The van der Waals surface area contributed by atoms with Gasteiger partial charge in [0, 0.05) is 23.1 Å². The molecule has 2 amide bonds. The lowest BCUT2D eigenvalue weighted by molar-refractivity contribution is -0.133. The summed E-state index contributed by atoms with van der Waals surface area (Å²) in [5, 5.41) is 6.97. The highest BCUT2D eigenvalue weighted by Gasteiger charge is 2.27. The Kier molecular flexibility index (Phi) is 5.62. The first-order valence-electron chi connectivity index (χ1n) is 8.32. The number of carbonyl (C=O) groups excluding carboxylic acids is 3. The van der Waals surface area contributed by atoms with E-state index in [1.165, 1.54) is 24.6 Å². The van der Waals surface area contributed by atoms with Crippen molar-refractivity contribution in [3.63, 3.8) is 0 Å². The largest absolute Gasteiger partial charge is 0.497 e. The molecule has 0 saturated heterocycles. The van der Waals surface area contributed by atoms with Crippen molar-refractivity contribution < 1.29 is 19.1 Å². The van der Waals surface area contributed by atoms with Gasteiger partial charge in [0.15, 0.2) is 10.9 Å². The molecule has 1 saturated carbocycles. The molecule has 0 aliphatic heterocycles. The Labute approximate surface area is 154 Å². The molecule has 3 rings (SSSR count). The van der Waals surface area contributed by atoms with Crippen LogP contribution in [0.5, 0.6) is 5.75 Å². The van der Waals surface area contributed by atoms with Crippen LogP contribution in [0.4, 0.5) is 10.8 Å². The van der Waals surface area contributed by atoms with Gasteiger partial charge in [-0.05, 0) is 31.0 Å². The molecule has 1 aromatic heterocycles. The summed E-state index contributed by atoms with van der Waals surface area (Å²) in [6.07, 6.45) is 5.26. The first-order valence-corrected chi connectivity index (χ1v) is 9.20. The number of aromatic nitrogens is 1. The lowest BCUT2D eigenvalue weighted by Gasteiger charge is -2.14. The maximum atomic E-state index is 12.8. The summed E-state index contributed by atoms with van der Waals surface area (Å²) in [5.41, 5.74) is 0.675. The molecule has 1 fully saturated rings. The summed E-state index contributed by atoms with van der Waals surface area (Å²) in [4.78, 5) is 40.9. The van der Waals surface area contributed by atoms with Gasteiger partial charge in [-0.2, -0.15) is 0 Å². The van der Waals surface area contributed by atoms with Crippen molar-refractivity contribution in [1.82, 2.24) is 4.98 Å². The van der Waals surface area contributed by atoms with Crippen LogP contribution in [0.1, 0.15) is 36.0 Å². The highest BCUT2D eigenvalue weighted by atomic mass is 32.1. The Morgan fingerprint density at radius 1 is 1.15 bits per heavy atom. The minimum absolute atomic E-state index is 0.0305. The number of anilines is 2. The van der Waals surface area contributed by atoms with E-state index < -0.39 is 11.8 Å². The molecule has 0 unspecified atom stereocenters. The fourth-order valence-corrected chi connectivity index (χ4v) is 3.51. The zero-order valence-corrected chi connectivity index (χ0v) is 15.1. The van der Waals surface area contributed by atoms with E-state index in [1.807, 2.05) is 0 Å². The van der Waals surface area contributed by atoms with Crippen LogP contribution in [0, 0.1) is 5.92 Å². The highest BCUT2D eigenvalue weighted by molar-refractivity contribution is 7.13. The maximum Gasteiger partial charge on any atom is 0.315 e. The smallest absolute Gasteiger partial charge is 0.315 e. The predicted molar refractivity (Wildman–Crippen MR) is 98.7 cm³/mol. The van der Waals surface area contributed by atoms with Gasteiger partial charge in [0.05, 0.1) is 12.8 Å². The lowest BCUT2D eigenvalue weighted by atomic mass is 9.95. The number of methoxy groups -OCH3 is 1. The summed E-state index contributed by atoms with van der Waals surface area (Å²) in [6, 6.07) is 4.82. The number of thiazole rings is 1. The topological polar surface area (TPSA) is 97.4 Å². The Morgan fingerprint density at radius 2 is 1.88 bits per heavy atom. The van der Waals surface area contributed by atoms with Crippen molar-refractivity contribution in [1.29, 1.82) is 0 Å². The molecule has 1 heterocycles. The zero-order chi connectivity index (χ0) is 18.5. The number of nitrogens with zero attached hydrogens (tertiary/aromatic N) is 1. The third kappa shape index (κ3) is 4.08. The van der Waals surface area contributed by atoms with Crippen molar-refractivity contribution in [3.05, 3.63) is 35.3 Å². The fraction of sp³-hybridized carbons (Fsp3) is 0.333. The van der Waals surface area contributed by atoms with Crippen LogP contribution in [0.3, 0.4) is 0 Å². The van der Waals surface area contributed by atoms with Crippen LogP contribution in [0.15, 0.2) is 29.8 Å². The molecule has 0 atom stereocenters. The van der Waals surface area contributed by atoms with Crippen LogP contribution in [0.25, 0.3) is 0 Å². The highest BCUT2D eigenvalue weighted by Crippen LogP contribution is 2.32. The van der Waals surface area contributed by atoms with Gasteiger partial charge in [-0.3, -0.25) is 19.7 Å². The minimum Gasteiger partial charge on any atom is -0.497 e. The minimum atomic E-state index is -0.856. The fourth-order valence-electron chi connectivity index (χ4n) is 2.99. The average molecular weight is 373 g/mol. The Morgan fingerprint density at radius 3 is 2.54 bits per heavy atom. The molecular formula is C18H19N3O4S. The van der Waals surface area contributed by atoms with Crippen LogP contribution >= 0.6 is 11.3 Å². The number of benzene rings is 1. The molecule has 1 aliphatic rings. The van der Waals surface area contributed by atoms with Crippen molar-refractivity contribution in [2.45, 2.75) is 25.7 Å². The second kappa shape index (κ2) is 8.09. The molecule has 0 spiro atoms. The third-order valence-corrected chi connectivity index (χ3v) is 5.01. The van der Waals surface area contributed by atoms with E-state index in [0.29, 0.717) is 22.1 Å². The number of amides is 2. The summed E-state index contributed by atoms with van der Waals surface area (Å²) in [5.74, 6) is -1.25. The molecule has 2 N–H and O–H groups in total. The van der Waals surface area contributed by atoms with Gasteiger partial charge in [-0.1, -0.05) is 12.8 Å². The number of ether oxygens (including phenoxy) is 1. The van der Waals surface area contributed by atoms with Crippen LogP contribution < -0.4 is 15.4 Å². The van der Waals surface area contributed by atoms with E-state index in [-0.39, 0.29) is 11.7 Å². The first kappa shape index (κ1) is 18.1. The number of hydrogen-bond acceptors (Lipinski definition) is 6. The summed E-state index contributed by atoms with van der Waals surface area (Å²) >= 11 is 1.21. The second-order valence-corrected chi connectivity index (χ2v) is 6.90. The average Bonchev–Trinajstić information content (AvgIpc) is 3.35. The molecule has 7 nitrogen and oxygen atoms in total. The quantitative estimate of drug-likeness (QED) is 0.620. The maximum absolute atomic E-state index is 12.8. The summed E-state index contributed by atoms with van der Waals surface area (Å²) < 4.78 is 5.19. The number of carbonyl (C=O) groups is 3. The van der Waals surface area contributed by atoms with Gasteiger partial charge < -0.3 is 10.1 Å². The molecule has 0 bridgehead atoms. The Balaban J connectivity index is 1.78. The van der Waals surface area contributed by atoms with Crippen LogP contribution in [-0.2, 0) is 9.59 Å². The molecular weight excluding hydrogens is 354 g/mol. The second-order valence-electron chi connectivity index (χ2n) is 6.00. The van der Waals surface area contributed by atoms with E-state index in [0.717, 1.165) is 25.7 Å². The molecule has 2 aromatic rings. The Hall–Kier alpha value is -2.74. The van der Waals surface area contributed by atoms with E-state index >= 15 is 0 Å². The molecule has 1 aromatic carbocycles. The van der Waals surface area contributed by atoms with Gasteiger partial charge in [-0.15, -0.1) is 11.3 Å². The summed E-state index contributed by atoms with van der Waals surface area (Å²) in [7, 11) is 1.51. The van der Waals surface area contributed by atoms with Gasteiger partial charge >= 0.3 is 11.8 Å². The van der Waals surface area contributed by atoms with E-state index in [9.17, 15) is 14.4 Å². The molecule has 1 aliphatic carbocycles. The van der Waals surface area contributed by atoms with Crippen molar-refractivity contribution in [2.24, 2.45) is 5.92 Å². The summed E-state index contributed by atoms with van der Waals surface area (Å²) in [6.45, 7) is 0. The first-order chi connectivity index (χ1) is 12.6. The molecule has 26 heavy (non-hydrogen) atoms. The van der Waals surface area contributed by atoms with Gasteiger partial charge in [0.2, 0.25) is 0 Å². The lowest BCUT2D eigenvalue weighted by Crippen LogP contribution is -2.30. The van der Waals surface area contributed by atoms with Crippen molar-refractivity contribution in [3.8, 4) is 5.75 Å². The number of Topliss-reactive ketones (excluding diaryl/α,β-unsaturated/α-hetero) is 1. The van der Waals surface area contributed by atoms with Gasteiger partial charge in [0.25, 0.3) is 0 Å². The van der Waals surface area contributed by atoms with E-state index in [1.54, 1.807) is 23.6 Å². The van der Waals surface area contributed by atoms with Crippen LogP contribution in [-0.4, -0.2) is 29.7 Å².